The van der Waals surface area contributed by atoms with Crippen LogP contribution in [0.2, 0.25) is 0 Å². The number of hydrogen-bond acceptors (Lipinski definition) is 5. The van der Waals surface area contributed by atoms with Gasteiger partial charge in [-0.25, -0.2) is 4.79 Å². The predicted molar refractivity (Wildman–Crippen MR) is 77.0 cm³/mol. The highest BCUT2D eigenvalue weighted by molar-refractivity contribution is 6.16. The van der Waals surface area contributed by atoms with E-state index >= 15 is 0 Å². The van der Waals surface area contributed by atoms with E-state index in [-0.39, 0.29) is 24.1 Å². The van der Waals surface area contributed by atoms with Crippen LogP contribution < -0.4 is 5.32 Å². The van der Waals surface area contributed by atoms with Gasteiger partial charge in [-0.1, -0.05) is 12.1 Å². The van der Waals surface area contributed by atoms with E-state index in [1.807, 2.05) is 0 Å². The van der Waals surface area contributed by atoms with Gasteiger partial charge in [-0.3, -0.25) is 14.9 Å². The summed E-state index contributed by atoms with van der Waals surface area (Å²) in [5.41, 5.74) is -1.10. The molecule has 0 unspecified atom stereocenters. The monoisotopic (exact) mass is 304 g/mol. The number of benzene rings is 2. The van der Waals surface area contributed by atoms with E-state index in [2.05, 4.69) is 5.32 Å². The van der Waals surface area contributed by atoms with E-state index in [0.717, 1.165) is 6.07 Å². The van der Waals surface area contributed by atoms with Crippen LogP contribution in [0.25, 0.3) is 10.8 Å². The average molecular weight is 304 g/mol. The summed E-state index contributed by atoms with van der Waals surface area (Å²) in [4.78, 5) is 33.8. The third-order valence-corrected chi connectivity index (χ3v) is 3.08. The van der Waals surface area contributed by atoms with Crippen LogP contribution in [-0.4, -0.2) is 40.2 Å². The minimum atomic E-state index is -1.49. The van der Waals surface area contributed by atoms with Crippen LogP contribution in [0, 0.1) is 10.1 Å². The van der Waals surface area contributed by atoms with Gasteiger partial charge in [0.1, 0.15) is 5.56 Å². The first-order valence-corrected chi connectivity index (χ1v) is 6.30. The fourth-order valence-electron chi connectivity index (χ4n) is 2.19. The van der Waals surface area contributed by atoms with Crippen molar-refractivity contribution in [2.45, 2.75) is 0 Å². The molecule has 0 aromatic heterocycles. The molecule has 0 atom stereocenters. The lowest BCUT2D eigenvalue weighted by Crippen LogP contribution is -2.26. The lowest BCUT2D eigenvalue weighted by atomic mass is 9.97. The van der Waals surface area contributed by atoms with Crippen molar-refractivity contribution in [1.82, 2.24) is 5.32 Å². The summed E-state index contributed by atoms with van der Waals surface area (Å²) in [6, 6.07) is 6.98. The number of amides is 1. The third-order valence-electron chi connectivity index (χ3n) is 3.08. The Morgan fingerprint density at radius 2 is 1.95 bits per heavy atom. The molecular formula is C14H12N2O6. The van der Waals surface area contributed by atoms with Crippen molar-refractivity contribution in [2.24, 2.45) is 0 Å². The van der Waals surface area contributed by atoms with Crippen LogP contribution in [0.5, 0.6) is 0 Å². The Morgan fingerprint density at radius 3 is 2.55 bits per heavy atom. The molecule has 22 heavy (non-hydrogen) atoms. The summed E-state index contributed by atoms with van der Waals surface area (Å²) in [6.45, 7) is -0.283. The topological polar surface area (TPSA) is 130 Å². The second-order valence-electron chi connectivity index (χ2n) is 4.41. The quantitative estimate of drug-likeness (QED) is 0.561. The molecule has 114 valence electrons. The van der Waals surface area contributed by atoms with Crippen LogP contribution in [-0.2, 0) is 0 Å². The van der Waals surface area contributed by atoms with Crippen molar-refractivity contribution in [1.29, 1.82) is 0 Å². The summed E-state index contributed by atoms with van der Waals surface area (Å²) in [5.74, 6) is -2.10. The van der Waals surface area contributed by atoms with Gasteiger partial charge in [-0.15, -0.1) is 0 Å². The number of aliphatic hydroxyl groups is 1. The summed E-state index contributed by atoms with van der Waals surface area (Å²) in [6.07, 6.45) is 0. The Balaban J connectivity index is 2.77. The van der Waals surface area contributed by atoms with Gasteiger partial charge in [0, 0.05) is 23.6 Å². The number of carboxylic acid groups (broad SMARTS) is 1. The number of nitro benzene ring substituents is 1. The SMILES string of the molecule is O=C(NCCO)c1cccc2ccc([N+](=O)[O-])c(C(=O)O)c12. The number of carbonyl (C=O) groups is 2. The molecule has 0 heterocycles. The highest BCUT2D eigenvalue weighted by Gasteiger charge is 2.26. The number of carbonyl (C=O) groups excluding carboxylic acids is 1. The van der Waals surface area contributed by atoms with Gasteiger partial charge in [0.25, 0.3) is 11.6 Å². The molecule has 0 saturated carbocycles. The van der Waals surface area contributed by atoms with Crippen molar-refractivity contribution < 1.29 is 24.7 Å². The lowest BCUT2D eigenvalue weighted by Gasteiger charge is -2.10. The molecule has 2 rings (SSSR count). The number of nitro groups is 1. The molecule has 8 nitrogen and oxygen atoms in total. The summed E-state index contributed by atoms with van der Waals surface area (Å²) in [5, 5.41) is 31.9. The molecule has 3 N–H and O–H groups in total. The first-order valence-electron chi connectivity index (χ1n) is 6.30. The normalized spacial score (nSPS) is 10.4. The molecule has 0 fully saturated rings. The second-order valence-corrected chi connectivity index (χ2v) is 4.41. The Hall–Kier alpha value is -3.00. The summed E-state index contributed by atoms with van der Waals surface area (Å²) < 4.78 is 0. The van der Waals surface area contributed by atoms with Crippen LogP contribution >= 0.6 is 0 Å². The fraction of sp³-hybridized carbons (Fsp3) is 0.143. The number of aliphatic hydroxyl groups excluding tert-OH is 1. The van der Waals surface area contributed by atoms with E-state index in [4.69, 9.17) is 5.11 Å². The fourth-order valence-corrected chi connectivity index (χ4v) is 2.19. The maximum atomic E-state index is 12.1. The third kappa shape index (κ3) is 2.72. The summed E-state index contributed by atoms with van der Waals surface area (Å²) >= 11 is 0. The highest BCUT2D eigenvalue weighted by atomic mass is 16.6. The molecule has 0 aliphatic rings. The van der Waals surface area contributed by atoms with Gasteiger partial charge < -0.3 is 15.5 Å². The zero-order valence-corrected chi connectivity index (χ0v) is 11.3. The van der Waals surface area contributed by atoms with E-state index < -0.39 is 28.1 Å². The molecule has 0 saturated heterocycles. The molecular weight excluding hydrogens is 292 g/mol. The van der Waals surface area contributed by atoms with Crippen LogP contribution in [0.3, 0.4) is 0 Å². The molecule has 0 bridgehead atoms. The van der Waals surface area contributed by atoms with Crippen LogP contribution in [0.1, 0.15) is 20.7 Å². The Kier molecular flexibility index (Phi) is 4.33. The minimum Gasteiger partial charge on any atom is -0.477 e. The van der Waals surface area contributed by atoms with Gasteiger partial charge >= 0.3 is 5.97 Å². The van der Waals surface area contributed by atoms with Crippen molar-refractivity contribution in [2.75, 3.05) is 13.2 Å². The number of nitrogens with one attached hydrogen (secondary N) is 1. The molecule has 0 spiro atoms. The molecule has 0 aliphatic carbocycles. The molecule has 0 radical (unpaired) electrons. The Labute approximate surface area is 124 Å². The van der Waals surface area contributed by atoms with E-state index in [1.54, 1.807) is 12.1 Å². The number of hydrogen-bond donors (Lipinski definition) is 3. The predicted octanol–water partition coefficient (Wildman–Crippen LogP) is 1.17. The van der Waals surface area contributed by atoms with Crippen molar-refractivity contribution >= 4 is 28.3 Å². The number of nitrogens with zero attached hydrogens (tertiary/aromatic N) is 1. The zero-order chi connectivity index (χ0) is 16.3. The number of rotatable bonds is 5. The van der Waals surface area contributed by atoms with Crippen LogP contribution in [0.15, 0.2) is 30.3 Å². The van der Waals surface area contributed by atoms with E-state index in [9.17, 15) is 24.8 Å². The number of fused-ring (bicyclic) bond motifs is 1. The largest absolute Gasteiger partial charge is 0.477 e. The van der Waals surface area contributed by atoms with Crippen molar-refractivity contribution in [3.63, 3.8) is 0 Å². The average Bonchev–Trinajstić information content (AvgIpc) is 2.50. The van der Waals surface area contributed by atoms with Gasteiger partial charge in [0.2, 0.25) is 0 Å². The lowest BCUT2D eigenvalue weighted by molar-refractivity contribution is -0.385. The van der Waals surface area contributed by atoms with Crippen molar-refractivity contribution in [3.05, 3.63) is 51.6 Å². The maximum absolute atomic E-state index is 12.1. The molecule has 2 aromatic rings. The summed E-state index contributed by atoms with van der Waals surface area (Å²) in [7, 11) is 0. The van der Waals surface area contributed by atoms with Crippen LogP contribution in [0.4, 0.5) is 5.69 Å². The zero-order valence-electron chi connectivity index (χ0n) is 11.3. The molecule has 8 heteroatoms. The molecule has 2 aromatic carbocycles. The molecule has 0 aliphatic heterocycles. The Bertz CT molecular complexity index is 771. The second kappa shape index (κ2) is 6.19. The minimum absolute atomic E-state index is 0.000334. The van der Waals surface area contributed by atoms with Crippen molar-refractivity contribution in [3.8, 4) is 0 Å². The molecule has 1 amide bonds. The number of aromatic carboxylic acids is 1. The van der Waals surface area contributed by atoms with Gasteiger partial charge in [-0.05, 0) is 17.5 Å². The standard InChI is InChI=1S/C14H12N2O6/c17-7-6-15-13(18)9-3-1-2-8-4-5-10(16(21)22)12(11(8)9)14(19)20/h1-5,17H,6-7H2,(H,15,18)(H,19,20). The first-order chi connectivity index (χ1) is 10.5. The van der Waals surface area contributed by atoms with Gasteiger partial charge in [0.05, 0.1) is 11.5 Å². The van der Waals surface area contributed by atoms with E-state index in [1.165, 1.54) is 12.1 Å². The van der Waals surface area contributed by atoms with E-state index in [0.29, 0.717) is 5.39 Å². The van der Waals surface area contributed by atoms with Gasteiger partial charge in [-0.2, -0.15) is 0 Å². The van der Waals surface area contributed by atoms with Gasteiger partial charge in [0.15, 0.2) is 0 Å². The smallest absolute Gasteiger partial charge is 0.343 e. The Morgan fingerprint density at radius 1 is 1.23 bits per heavy atom. The highest BCUT2D eigenvalue weighted by Crippen LogP contribution is 2.30. The maximum Gasteiger partial charge on any atom is 0.343 e. The number of carboxylic acids is 1. The first kappa shape index (κ1) is 15.4.